The van der Waals surface area contributed by atoms with Gasteiger partial charge in [-0.25, -0.2) is 9.37 Å². The lowest BCUT2D eigenvalue weighted by atomic mass is 10.2. The molecule has 0 saturated heterocycles. The summed E-state index contributed by atoms with van der Waals surface area (Å²) in [5, 5.41) is 3.09. The molecule has 0 unspecified atom stereocenters. The molecule has 3 N–H and O–H groups in total. The molecule has 1 aromatic heterocycles. The standard InChI is InChI=1S/C12H12FN3/c13-10-5-3-9(4-6-10)8-16-12-11(14)2-1-7-15-12/h1-7H,8,14H2,(H,15,16). The largest absolute Gasteiger partial charge is 0.396 e. The number of nitrogens with two attached hydrogens (primary N) is 1. The first-order valence-electron chi connectivity index (χ1n) is 4.94. The number of nitrogens with one attached hydrogen (secondary N) is 1. The predicted molar refractivity (Wildman–Crippen MR) is 62.4 cm³/mol. The van der Waals surface area contributed by atoms with Gasteiger partial charge in [0, 0.05) is 12.7 Å². The van der Waals surface area contributed by atoms with E-state index in [1.807, 2.05) is 0 Å². The zero-order valence-electron chi connectivity index (χ0n) is 8.65. The third-order valence-electron chi connectivity index (χ3n) is 2.21. The summed E-state index contributed by atoms with van der Waals surface area (Å²) in [6, 6.07) is 9.86. The van der Waals surface area contributed by atoms with Crippen LogP contribution >= 0.6 is 0 Å². The number of hydrogen-bond acceptors (Lipinski definition) is 3. The van der Waals surface area contributed by atoms with Gasteiger partial charge in [-0.1, -0.05) is 12.1 Å². The predicted octanol–water partition coefficient (Wildman–Crippen LogP) is 2.42. The molecule has 0 radical (unpaired) electrons. The van der Waals surface area contributed by atoms with Gasteiger partial charge in [0.1, 0.15) is 11.6 Å². The summed E-state index contributed by atoms with van der Waals surface area (Å²) in [5.74, 6) is 0.410. The number of nitrogens with zero attached hydrogens (tertiary/aromatic N) is 1. The molecule has 2 rings (SSSR count). The number of anilines is 2. The lowest BCUT2D eigenvalue weighted by molar-refractivity contribution is 0.627. The van der Waals surface area contributed by atoms with Crippen LogP contribution in [0.2, 0.25) is 0 Å². The maximum absolute atomic E-state index is 12.7. The highest BCUT2D eigenvalue weighted by Crippen LogP contribution is 2.14. The summed E-state index contributed by atoms with van der Waals surface area (Å²) in [4.78, 5) is 4.10. The fourth-order valence-electron chi connectivity index (χ4n) is 1.35. The highest BCUT2D eigenvalue weighted by molar-refractivity contribution is 5.60. The third-order valence-corrected chi connectivity index (χ3v) is 2.21. The van der Waals surface area contributed by atoms with Crippen molar-refractivity contribution in [3.8, 4) is 0 Å². The second-order valence-corrected chi connectivity index (χ2v) is 3.42. The van der Waals surface area contributed by atoms with E-state index in [-0.39, 0.29) is 5.82 Å². The Labute approximate surface area is 93.1 Å². The molecule has 16 heavy (non-hydrogen) atoms. The Morgan fingerprint density at radius 1 is 1.19 bits per heavy atom. The first-order valence-corrected chi connectivity index (χ1v) is 4.94. The van der Waals surface area contributed by atoms with Crippen LogP contribution in [0.1, 0.15) is 5.56 Å². The van der Waals surface area contributed by atoms with Crippen molar-refractivity contribution in [3.63, 3.8) is 0 Å². The van der Waals surface area contributed by atoms with E-state index in [1.54, 1.807) is 30.5 Å². The minimum absolute atomic E-state index is 0.235. The van der Waals surface area contributed by atoms with Crippen molar-refractivity contribution in [2.75, 3.05) is 11.1 Å². The number of hydrogen-bond donors (Lipinski definition) is 2. The van der Waals surface area contributed by atoms with E-state index in [0.717, 1.165) is 5.56 Å². The summed E-state index contributed by atoms with van der Waals surface area (Å²) >= 11 is 0. The Balaban J connectivity index is 2.02. The van der Waals surface area contributed by atoms with Gasteiger partial charge in [-0.3, -0.25) is 0 Å². The fraction of sp³-hybridized carbons (Fsp3) is 0.0833. The second-order valence-electron chi connectivity index (χ2n) is 3.42. The number of nitrogen functional groups attached to an aromatic ring is 1. The van der Waals surface area contributed by atoms with Crippen molar-refractivity contribution < 1.29 is 4.39 Å². The summed E-state index contributed by atoms with van der Waals surface area (Å²) in [6.07, 6.45) is 1.67. The molecule has 3 nitrogen and oxygen atoms in total. The average Bonchev–Trinajstić information content (AvgIpc) is 2.30. The highest BCUT2D eigenvalue weighted by atomic mass is 19.1. The molecule has 0 bridgehead atoms. The zero-order chi connectivity index (χ0) is 11.4. The van der Waals surface area contributed by atoms with Crippen LogP contribution in [-0.4, -0.2) is 4.98 Å². The Morgan fingerprint density at radius 2 is 1.94 bits per heavy atom. The summed E-state index contributed by atoms with van der Waals surface area (Å²) in [6.45, 7) is 0.571. The van der Waals surface area contributed by atoms with Crippen molar-refractivity contribution >= 4 is 11.5 Å². The van der Waals surface area contributed by atoms with Crippen LogP contribution in [0.5, 0.6) is 0 Å². The molecule has 0 amide bonds. The minimum atomic E-state index is -0.235. The maximum Gasteiger partial charge on any atom is 0.149 e. The quantitative estimate of drug-likeness (QED) is 0.830. The molecule has 0 aliphatic rings. The molecule has 0 spiro atoms. The number of benzene rings is 1. The molecular formula is C12H12FN3. The molecule has 0 aliphatic carbocycles. The van der Waals surface area contributed by atoms with E-state index in [9.17, 15) is 4.39 Å². The number of rotatable bonds is 3. The van der Waals surface area contributed by atoms with E-state index in [4.69, 9.17) is 5.73 Å². The second kappa shape index (κ2) is 4.61. The van der Waals surface area contributed by atoms with Crippen LogP contribution < -0.4 is 11.1 Å². The molecule has 4 heteroatoms. The first kappa shape index (κ1) is 10.4. The average molecular weight is 217 g/mol. The Morgan fingerprint density at radius 3 is 2.62 bits per heavy atom. The molecule has 1 heterocycles. The molecule has 2 aromatic rings. The van der Waals surface area contributed by atoms with E-state index < -0.39 is 0 Å². The van der Waals surface area contributed by atoms with Crippen LogP contribution in [0.25, 0.3) is 0 Å². The van der Waals surface area contributed by atoms with Gasteiger partial charge in [0.15, 0.2) is 0 Å². The molecule has 0 saturated carbocycles. The van der Waals surface area contributed by atoms with Crippen LogP contribution in [0.15, 0.2) is 42.6 Å². The van der Waals surface area contributed by atoms with Crippen LogP contribution in [0.3, 0.4) is 0 Å². The smallest absolute Gasteiger partial charge is 0.149 e. The fourth-order valence-corrected chi connectivity index (χ4v) is 1.35. The Hall–Kier alpha value is -2.10. The normalized spacial score (nSPS) is 10.1. The molecule has 0 atom stereocenters. The van der Waals surface area contributed by atoms with Crippen molar-refractivity contribution in [3.05, 3.63) is 54.0 Å². The van der Waals surface area contributed by atoms with Gasteiger partial charge >= 0.3 is 0 Å². The van der Waals surface area contributed by atoms with E-state index >= 15 is 0 Å². The lowest BCUT2D eigenvalue weighted by Gasteiger charge is -2.07. The zero-order valence-corrected chi connectivity index (χ0v) is 8.65. The van der Waals surface area contributed by atoms with E-state index in [0.29, 0.717) is 18.1 Å². The Kier molecular flexibility index (Phi) is 3.00. The lowest BCUT2D eigenvalue weighted by Crippen LogP contribution is -2.04. The summed E-state index contributed by atoms with van der Waals surface area (Å²) in [5.41, 5.74) is 7.30. The highest BCUT2D eigenvalue weighted by Gasteiger charge is 1.98. The van der Waals surface area contributed by atoms with Crippen molar-refractivity contribution in [2.45, 2.75) is 6.54 Å². The molecule has 0 fully saturated rings. The van der Waals surface area contributed by atoms with Gasteiger partial charge in [0.05, 0.1) is 5.69 Å². The summed E-state index contributed by atoms with van der Waals surface area (Å²) in [7, 11) is 0. The van der Waals surface area contributed by atoms with E-state index in [1.165, 1.54) is 12.1 Å². The van der Waals surface area contributed by atoms with Crippen LogP contribution in [0, 0.1) is 5.82 Å². The number of halogens is 1. The SMILES string of the molecule is Nc1cccnc1NCc1ccc(F)cc1. The molecule has 82 valence electrons. The van der Waals surface area contributed by atoms with Crippen molar-refractivity contribution in [1.82, 2.24) is 4.98 Å². The number of pyridine rings is 1. The summed E-state index contributed by atoms with van der Waals surface area (Å²) < 4.78 is 12.7. The van der Waals surface area contributed by atoms with Crippen LogP contribution in [0.4, 0.5) is 15.9 Å². The molecule has 0 aliphatic heterocycles. The topological polar surface area (TPSA) is 50.9 Å². The van der Waals surface area contributed by atoms with Crippen LogP contribution in [-0.2, 0) is 6.54 Å². The van der Waals surface area contributed by atoms with Crippen molar-refractivity contribution in [1.29, 1.82) is 0 Å². The van der Waals surface area contributed by atoms with Crippen molar-refractivity contribution in [2.24, 2.45) is 0 Å². The maximum atomic E-state index is 12.7. The first-order chi connectivity index (χ1) is 7.75. The molecular weight excluding hydrogens is 205 g/mol. The number of aromatic nitrogens is 1. The third kappa shape index (κ3) is 2.48. The minimum Gasteiger partial charge on any atom is -0.396 e. The van der Waals surface area contributed by atoms with Gasteiger partial charge < -0.3 is 11.1 Å². The molecule has 1 aromatic carbocycles. The van der Waals surface area contributed by atoms with Gasteiger partial charge in [0.2, 0.25) is 0 Å². The van der Waals surface area contributed by atoms with Gasteiger partial charge in [-0.15, -0.1) is 0 Å². The monoisotopic (exact) mass is 217 g/mol. The van der Waals surface area contributed by atoms with Gasteiger partial charge in [0.25, 0.3) is 0 Å². The van der Waals surface area contributed by atoms with Gasteiger partial charge in [-0.2, -0.15) is 0 Å². The van der Waals surface area contributed by atoms with E-state index in [2.05, 4.69) is 10.3 Å². The Bertz CT molecular complexity index is 468. The van der Waals surface area contributed by atoms with Gasteiger partial charge in [-0.05, 0) is 29.8 Å².